The van der Waals surface area contributed by atoms with E-state index in [-0.39, 0.29) is 24.0 Å². The van der Waals surface area contributed by atoms with Crippen molar-refractivity contribution < 1.29 is 5.11 Å². The molecule has 1 aromatic heterocycles. The van der Waals surface area contributed by atoms with Crippen LogP contribution in [0.15, 0.2) is 41.7 Å². The Balaban J connectivity index is 0.00000385. The van der Waals surface area contributed by atoms with Crippen molar-refractivity contribution in [2.75, 3.05) is 26.2 Å². The van der Waals surface area contributed by atoms with Crippen molar-refractivity contribution in [2.45, 2.75) is 52.8 Å². The Morgan fingerprint density at radius 1 is 1.15 bits per heavy atom. The summed E-state index contributed by atoms with van der Waals surface area (Å²) in [6.07, 6.45) is 4.87. The van der Waals surface area contributed by atoms with Crippen LogP contribution in [0.2, 0.25) is 0 Å². The summed E-state index contributed by atoms with van der Waals surface area (Å²) in [6, 6.07) is 8.79. The van der Waals surface area contributed by atoms with E-state index >= 15 is 0 Å². The molecule has 0 radical (unpaired) electrons. The second-order valence-electron chi connectivity index (χ2n) is 9.68. The third-order valence-corrected chi connectivity index (χ3v) is 6.06. The molecule has 1 aromatic carbocycles. The number of likely N-dealkylation sites (tertiary alicyclic amines) is 1. The van der Waals surface area contributed by atoms with Gasteiger partial charge >= 0.3 is 0 Å². The minimum atomic E-state index is -1.03. The van der Waals surface area contributed by atoms with Gasteiger partial charge in [0.05, 0.1) is 19.3 Å². The maximum absolute atomic E-state index is 10.8. The monoisotopic (exact) mass is 568 g/mol. The zero-order chi connectivity index (χ0) is 23.1. The zero-order valence-corrected chi connectivity index (χ0v) is 23.0. The second-order valence-corrected chi connectivity index (χ2v) is 9.68. The number of nitrogens with one attached hydrogen (secondary N) is 2. The van der Waals surface area contributed by atoms with Gasteiger partial charge in [0.1, 0.15) is 5.60 Å². The minimum absolute atomic E-state index is 0. The van der Waals surface area contributed by atoms with E-state index in [0.29, 0.717) is 19.0 Å². The van der Waals surface area contributed by atoms with E-state index in [1.54, 1.807) is 17.8 Å². The number of aliphatic imine (C=N–C) groups is 1. The summed E-state index contributed by atoms with van der Waals surface area (Å²) in [6.45, 7) is 13.6. The van der Waals surface area contributed by atoms with Crippen molar-refractivity contribution in [3.05, 3.63) is 53.3 Å². The molecule has 2 heterocycles. The number of guanidine groups is 1. The first kappa shape index (κ1) is 27.6. The van der Waals surface area contributed by atoms with Crippen LogP contribution in [0.1, 0.15) is 50.8 Å². The fourth-order valence-electron chi connectivity index (χ4n) is 4.50. The van der Waals surface area contributed by atoms with E-state index in [2.05, 4.69) is 58.7 Å². The highest BCUT2D eigenvalue weighted by atomic mass is 127. The average molecular weight is 569 g/mol. The molecule has 33 heavy (non-hydrogen) atoms. The van der Waals surface area contributed by atoms with Gasteiger partial charge in [0.25, 0.3) is 0 Å². The quantitative estimate of drug-likeness (QED) is 0.258. The van der Waals surface area contributed by atoms with Crippen LogP contribution < -0.4 is 10.6 Å². The molecule has 3 N–H and O–H groups in total. The summed E-state index contributed by atoms with van der Waals surface area (Å²) in [5.74, 6) is 2.25. The van der Waals surface area contributed by atoms with Crippen molar-refractivity contribution in [1.29, 1.82) is 0 Å². The van der Waals surface area contributed by atoms with Crippen molar-refractivity contribution in [2.24, 2.45) is 23.9 Å². The first-order valence-corrected chi connectivity index (χ1v) is 11.8. The third-order valence-electron chi connectivity index (χ3n) is 6.06. The summed E-state index contributed by atoms with van der Waals surface area (Å²) in [5, 5.41) is 21.5. The predicted molar refractivity (Wildman–Crippen MR) is 146 cm³/mol. The summed E-state index contributed by atoms with van der Waals surface area (Å²) in [4.78, 5) is 7.28. The van der Waals surface area contributed by atoms with Crippen LogP contribution in [0.3, 0.4) is 0 Å². The molecule has 2 aromatic rings. The van der Waals surface area contributed by atoms with Crippen LogP contribution in [-0.2, 0) is 25.7 Å². The van der Waals surface area contributed by atoms with E-state index < -0.39 is 5.60 Å². The molecule has 7 nitrogen and oxygen atoms in total. The minimum Gasteiger partial charge on any atom is -0.383 e. The number of benzene rings is 1. The largest absolute Gasteiger partial charge is 0.383 e. The number of rotatable bonds is 8. The lowest BCUT2D eigenvalue weighted by Gasteiger charge is -2.35. The van der Waals surface area contributed by atoms with Gasteiger partial charge in [-0.3, -0.25) is 9.58 Å². The Morgan fingerprint density at radius 2 is 1.79 bits per heavy atom. The van der Waals surface area contributed by atoms with Gasteiger partial charge in [-0.1, -0.05) is 38.1 Å². The maximum Gasteiger partial charge on any atom is 0.191 e. The zero-order valence-electron chi connectivity index (χ0n) is 20.7. The highest BCUT2D eigenvalue weighted by Gasteiger charge is 2.25. The number of aliphatic hydroxyl groups is 1. The predicted octanol–water partition coefficient (Wildman–Crippen LogP) is 3.48. The first-order valence-electron chi connectivity index (χ1n) is 11.8. The van der Waals surface area contributed by atoms with Crippen molar-refractivity contribution in [1.82, 2.24) is 25.3 Å². The molecule has 0 bridgehead atoms. The van der Waals surface area contributed by atoms with Gasteiger partial charge in [0.15, 0.2) is 5.96 Å². The standard InChI is InChI=1S/C25H40N6O.HI/c1-6-26-24(28-18-25(4,32)23-13-29-30(5)17-23)27-12-21-7-9-22(10-8-21)16-31-14-19(2)11-20(3)15-31;/h7-10,13,17,19-20,32H,6,11-12,14-16,18H2,1-5H3,(H2,26,27,28);1H. The summed E-state index contributed by atoms with van der Waals surface area (Å²) in [7, 11) is 1.84. The molecule has 3 atom stereocenters. The van der Waals surface area contributed by atoms with Gasteiger partial charge in [-0.05, 0) is 43.2 Å². The molecule has 1 aliphatic heterocycles. The highest BCUT2D eigenvalue weighted by Crippen LogP contribution is 2.22. The second kappa shape index (κ2) is 12.7. The summed E-state index contributed by atoms with van der Waals surface area (Å²) in [5.41, 5.74) is 2.27. The molecule has 0 aliphatic carbocycles. The molecular weight excluding hydrogens is 527 g/mol. The molecule has 1 saturated heterocycles. The number of aromatic nitrogens is 2. The lowest BCUT2D eigenvalue weighted by molar-refractivity contribution is 0.0616. The molecule has 0 spiro atoms. The Morgan fingerprint density at radius 3 is 2.36 bits per heavy atom. The molecule has 3 rings (SSSR count). The molecule has 3 unspecified atom stereocenters. The highest BCUT2D eigenvalue weighted by molar-refractivity contribution is 14.0. The SMILES string of the molecule is CCNC(=NCc1ccc(CN2CC(C)CC(C)C2)cc1)NCC(C)(O)c1cnn(C)c1.I. The van der Waals surface area contributed by atoms with Gasteiger partial charge in [-0.2, -0.15) is 5.10 Å². The van der Waals surface area contributed by atoms with Gasteiger partial charge in [0, 0.05) is 45.0 Å². The molecule has 184 valence electrons. The van der Waals surface area contributed by atoms with E-state index in [1.807, 2.05) is 20.2 Å². The molecule has 1 fully saturated rings. The Kier molecular flexibility index (Phi) is 10.6. The fourth-order valence-corrected chi connectivity index (χ4v) is 4.50. The topological polar surface area (TPSA) is 77.7 Å². The van der Waals surface area contributed by atoms with Crippen molar-refractivity contribution >= 4 is 29.9 Å². The van der Waals surface area contributed by atoms with Gasteiger partial charge < -0.3 is 15.7 Å². The van der Waals surface area contributed by atoms with Crippen molar-refractivity contribution in [3.63, 3.8) is 0 Å². The van der Waals surface area contributed by atoms with E-state index in [4.69, 9.17) is 4.99 Å². The van der Waals surface area contributed by atoms with Gasteiger partial charge in [-0.15, -0.1) is 24.0 Å². The summed E-state index contributed by atoms with van der Waals surface area (Å²) >= 11 is 0. The van der Waals surface area contributed by atoms with Crippen LogP contribution in [0.5, 0.6) is 0 Å². The molecular formula is C25H41IN6O. The first-order chi connectivity index (χ1) is 15.2. The number of aryl methyl sites for hydroxylation is 1. The van der Waals surface area contributed by atoms with Crippen LogP contribution in [0.25, 0.3) is 0 Å². The van der Waals surface area contributed by atoms with Crippen LogP contribution in [0, 0.1) is 11.8 Å². The number of hydrogen-bond donors (Lipinski definition) is 3. The van der Waals surface area contributed by atoms with E-state index in [0.717, 1.165) is 30.5 Å². The molecule has 0 amide bonds. The van der Waals surface area contributed by atoms with Gasteiger partial charge in [0.2, 0.25) is 0 Å². The fraction of sp³-hybridized carbons (Fsp3) is 0.600. The lowest BCUT2D eigenvalue weighted by atomic mass is 9.91. The molecule has 8 heteroatoms. The maximum atomic E-state index is 10.8. The van der Waals surface area contributed by atoms with Crippen LogP contribution in [-0.4, -0.2) is 51.9 Å². The van der Waals surface area contributed by atoms with E-state index in [1.165, 1.54) is 30.6 Å². The van der Waals surface area contributed by atoms with Crippen molar-refractivity contribution in [3.8, 4) is 0 Å². The Hall–Kier alpha value is -1.65. The Bertz CT molecular complexity index is 869. The third kappa shape index (κ3) is 8.57. The number of hydrogen-bond acceptors (Lipinski definition) is 4. The summed E-state index contributed by atoms with van der Waals surface area (Å²) < 4.78 is 1.69. The lowest BCUT2D eigenvalue weighted by Crippen LogP contribution is -2.44. The number of piperidine rings is 1. The van der Waals surface area contributed by atoms with Gasteiger partial charge in [-0.25, -0.2) is 4.99 Å². The smallest absolute Gasteiger partial charge is 0.191 e. The van der Waals surface area contributed by atoms with Crippen LogP contribution >= 0.6 is 24.0 Å². The number of halogens is 1. The molecule has 0 saturated carbocycles. The Labute approximate surface area is 216 Å². The number of nitrogens with zero attached hydrogens (tertiary/aromatic N) is 4. The average Bonchev–Trinajstić information content (AvgIpc) is 3.18. The normalized spacial score (nSPS) is 21.2. The van der Waals surface area contributed by atoms with Crippen LogP contribution in [0.4, 0.5) is 0 Å². The van der Waals surface area contributed by atoms with E-state index in [9.17, 15) is 5.11 Å². The molecule has 1 aliphatic rings.